The van der Waals surface area contributed by atoms with Crippen LogP contribution in [0.2, 0.25) is 0 Å². The van der Waals surface area contributed by atoms with Gasteiger partial charge in [0.1, 0.15) is 0 Å². The second-order valence-electron chi connectivity index (χ2n) is 4.96. The molecule has 102 valence electrons. The molecule has 0 saturated heterocycles. The van der Waals surface area contributed by atoms with Crippen molar-refractivity contribution in [3.8, 4) is 5.75 Å². The van der Waals surface area contributed by atoms with Crippen molar-refractivity contribution in [3.05, 3.63) is 23.8 Å². The second-order valence-corrected chi connectivity index (χ2v) is 4.96. The van der Waals surface area contributed by atoms with Gasteiger partial charge in [-0.15, -0.1) is 0 Å². The highest BCUT2D eigenvalue weighted by Gasteiger charge is 2.22. The van der Waals surface area contributed by atoms with Crippen LogP contribution in [0.1, 0.15) is 30.6 Å². The van der Waals surface area contributed by atoms with Crippen LogP contribution in [-0.4, -0.2) is 25.0 Å². The molecule has 5 heteroatoms. The summed E-state index contributed by atoms with van der Waals surface area (Å²) in [7, 11) is 0. The zero-order chi connectivity index (χ0) is 13.8. The maximum absolute atomic E-state index is 12.1. The fourth-order valence-electron chi connectivity index (χ4n) is 1.86. The zero-order valence-electron chi connectivity index (χ0n) is 11.2. The van der Waals surface area contributed by atoms with Crippen molar-refractivity contribution in [3.63, 3.8) is 0 Å². The van der Waals surface area contributed by atoms with Crippen molar-refractivity contribution in [2.45, 2.75) is 20.3 Å². The summed E-state index contributed by atoms with van der Waals surface area (Å²) >= 11 is 0. The first-order valence-electron chi connectivity index (χ1n) is 6.42. The number of ether oxygens (including phenoxy) is 1. The SMILES string of the molecule is CC(C)CCNC(=O)c1cccc2c1OCC(=O)N2. The molecule has 0 spiro atoms. The van der Waals surface area contributed by atoms with Gasteiger partial charge in [-0.05, 0) is 24.5 Å². The molecule has 1 aromatic rings. The predicted molar refractivity (Wildman–Crippen MR) is 72.4 cm³/mol. The number of rotatable bonds is 4. The number of fused-ring (bicyclic) bond motifs is 1. The maximum atomic E-state index is 12.1. The molecule has 1 heterocycles. The van der Waals surface area contributed by atoms with Gasteiger partial charge >= 0.3 is 0 Å². The number of hydrogen-bond donors (Lipinski definition) is 2. The van der Waals surface area contributed by atoms with Gasteiger partial charge in [-0.25, -0.2) is 0 Å². The molecule has 1 aliphatic rings. The fraction of sp³-hybridized carbons (Fsp3) is 0.429. The summed E-state index contributed by atoms with van der Waals surface area (Å²) in [6.07, 6.45) is 0.929. The van der Waals surface area contributed by atoms with E-state index in [1.54, 1.807) is 18.2 Å². The van der Waals surface area contributed by atoms with Gasteiger partial charge < -0.3 is 15.4 Å². The molecule has 19 heavy (non-hydrogen) atoms. The summed E-state index contributed by atoms with van der Waals surface area (Å²) in [5, 5.41) is 5.55. The molecule has 0 atom stereocenters. The van der Waals surface area contributed by atoms with Gasteiger partial charge in [0, 0.05) is 6.54 Å². The van der Waals surface area contributed by atoms with Gasteiger partial charge in [-0.2, -0.15) is 0 Å². The Balaban J connectivity index is 2.10. The van der Waals surface area contributed by atoms with Crippen LogP contribution in [0.5, 0.6) is 5.75 Å². The van der Waals surface area contributed by atoms with E-state index in [9.17, 15) is 9.59 Å². The van der Waals surface area contributed by atoms with Crippen LogP contribution >= 0.6 is 0 Å². The average Bonchev–Trinajstić information content (AvgIpc) is 2.37. The molecule has 0 unspecified atom stereocenters. The summed E-state index contributed by atoms with van der Waals surface area (Å²) in [5.41, 5.74) is 1.01. The Hall–Kier alpha value is -2.04. The van der Waals surface area contributed by atoms with Gasteiger partial charge in [0.15, 0.2) is 12.4 Å². The lowest BCUT2D eigenvalue weighted by Crippen LogP contribution is -2.30. The van der Waals surface area contributed by atoms with Crippen LogP contribution in [-0.2, 0) is 4.79 Å². The van der Waals surface area contributed by atoms with Crippen LogP contribution in [0.3, 0.4) is 0 Å². The minimum atomic E-state index is -0.204. The number of hydrogen-bond acceptors (Lipinski definition) is 3. The van der Waals surface area contributed by atoms with Crippen molar-refractivity contribution in [2.24, 2.45) is 5.92 Å². The van der Waals surface area contributed by atoms with E-state index >= 15 is 0 Å². The quantitative estimate of drug-likeness (QED) is 0.869. The number of carbonyl (C=O) groups is 2. The van der Waals surface area contributed by atoms with Crippen LogP contribution in [0.15, 0.2) is 18.2 Å². The number of nitrogens with one attached hydrogen (secondary N) is 2. The summed E-state index contributed by atoms with van der Waals surface area (Å²) in [5.74, 6) is 0.614. The Morgan fingerprint density at radius 1 is 1.47 bits per heavy atom. The van der Waals surface area contributed by atoms with Gasteiger partial charge in [-0.3, -0.25) is 9.59 Å². The van der Waals surface area contributed by atoms with Crippen LogP contribution in [0, 0.1) is 5.92 Å². The van der Waals surface area contributed by atoms with Crippen LogP contribution in [0.25, 0.3) is 0 Å². The van der Waals surface area contributed by atoms with E-state index in [2.05, 4.69) is 24.5 Å². The van der Waals surface area contributed by atoms with E-state index in [1.807, 2.05) is 0 Å². The molecule has 0 radical (unpaired) electrons. The third-order valence-corrected chi connectivity index (χ3v) is 2.89. The third kappa shape index (κ3) is 3.24. The largest absolute Gasteiger partial charge is 0.481 e. The second kappa shape index (κ2) is 5.73. The van der Waals surface area contributed by atoms with Crippen molar-refractivity contribution in [2.75, 3.05) is 18.5 Å². The number of carbonyl (C=O) groups excluding carboxylic acids is 2. The third-order valence-electron chi connectivity index (χ3n) is 2.89. The van der Waals surface area contributed by atoms with Gasteiger partial charge in [0.05, 0.1) is 11.3 Å². The summed E-state index contributed by atoms with van der Waals surface area (Å²) in [4.78, 5) is 23.3. The molecule has 2 N–H and O–H groups in total. The van der Waals surface area contributed by atoms with E-state index < -0.39 is 0 Å². The van der Waals surface area contributed by atoms with Crippen LogP contribution in [0.4, 0.5) is 5.69 Å². The zero-order valence-corrected chi connectivity index (χ0v) is 11.2. The monoisotopic (exact) mass is 262 g/mol. The fourth-order valence-corrected chi connectivity index (χ4v) is 1.86. The predicted octanol–water partition coefficient (Wildman–Crippen LogP) is 1.79. The summed E-state index contributed by atoms with van der Waals surface area (Å²) < 4.78 is 5.34. The molecule has 0 bridgehead atoms. The molecule has 1 aliphatic heterocycles. The lowest BCUT2D eigenvalue weighted by atomic mass is 10.1. The molecule has 0 aliphatic carbocycles. The lowest BCUT2D eigenvalue weighted by Gasteiger charge is -2.20. The molecular formula is C14H18N2O3. The van der Waals surface area contributed by atoms with Crippen molar-refractivity contribution in [1.29, 1.82) is 0 Å². The molecule has 0 saturated carbocycles. The smallest absolute Gasteiger partial charge is 0.262 e. The minimum absolute atomic E-state index is 0.0523. The standard InChI is InChI=1S/C14H18N2O3/c1-9(2)6-7-15-14(18)10-4-3-5-11-13(10)19-8-12(17)16-11/h3-5,9H,6-8H2,1-2H3,(H,15,18)(H,16,17). The molecule has 5 nitrogen and oxygen atoms in total. The van der Waals surface area contributed by atoms with E-state index in [1.165, 1.54) is 0 Å². The van der Waals surface area contributed by atoms with Crippen molar-refractivity contribution in [1.82, 2.24) is 5.32 Å². The highest BCUT2D eigenvalue weighted by Crippen LogP contribution is 2.31. The number of anilines is 1. The molecule has 2 rings (SSSR count). The Labute approximate surface area is 112 Å². The average molecular weight is 262 g/mol. The number of para-hydroxylation sites is 1. The molecule has 1 aromatic carbocycles. The molecule has 0 aromatic heterocycles. The van der Waals surface area contributed by atoms with E-state index in [0.717, 1.165) is 6.42 Å². The highest BCUT2D eigenvalue weighted by molar-refractivity contribution is 6.03. The first-order chi connectivity index (χ1) is 9.08. The number of benzene rings is 1. The molecular weight excluding hydrogens is 244 g/mol. The topological polar surface area (TPSA) is 67.4 Å². The Kier molecular flexibility index (Phi) is 4.04. The first kappa shape index (κ1) is 13.4. The van der Waals surface area contributed by atoms with E-state index in [4.69, 9.17) is 4.74 Å². The minimum Gasteiger partial charge on any atom is -0.481 e. The van der Waals surface area contributed by atoms with Gasteiger partial charge in [0.2, 0.25) is 0 Å². The number of amides is 2. The van der Waals surface area contributed by atoms with Crippen LogP contribution < -0.4 is 15.4 Å². The van der Waals surface area contributed by atoms with Gasteiger partial charge in [0.25, 0.3) is 11.8 Å². The first-order valence-corrected chi connectivity index (χ1v) is 6.42. The van der Waals surface area contributed by atoms with E-state index in [-0.39, 0.29) is 18.4 Å². The highest BCUT2D eigenvalue weighted by atomic mass is 16.5. The Bertz CT molecular complexity index is 497. The van der Waals surface area contributed by atoms with E-state index in [0.29, 0.717) is 29.5 Å². The maximum Gasteiger partial charge on any atom is 0.262 e. The van der Waals surface area contributed by atoms with Crippen molar-refractivity contribution < 1.29 is 14.3 Å². The Morgan fingerprint density at radius 2 is 2.26 bits per heavy atom. The Morgan fingerprint density at radius 3 is 3.00 bits per heavy atom. The molecule has 0 fully saturated rings. The summed E-state index contributed by atoms with van der Waals surface area (Å²) in [6, 6.07) is 5.14. The lowest BCUT2D eigenvalue weighted by molar-refractivity contribution is -0.118. The van der Waals surface area contributed by atoms with Crippen molar-refractivity contribution >= 4 is 17.5 Å². The summed E-state index contributed by atoms with van der Waals surface area (Å²) in [6.45, 7) is 4.79. The van der Waals surface area contributed by atoms with Gasteiger partial charge in [-0.1, -0.05) is 19.9 Å². The molecule has 2 amide bonds. The normalized spacial score (nSPS) is 13.5.